The van der Waals surface area contributed by atoms with E-state index in [4.69, 9.17) is 11.0 Å². The number of carbonyl (C=O) groups is 1. The summed E-state index contributed by atoms with van der Waals surface area (Å²) in [5.74, 6) is 0.542. The molecule has 5 rings (SSSR count). The minimum absolute atomic E-state index is 0.0644. The van der Waals surface area contributed by atoms with E-state index in [2.05, 4.69) is 30.3 Å². The second-order valence-electron chi connectivity index (χ2n) is 7.45. The number of nitrogens with two attached hydrogens (primary N) is 1. The van der Waals surface area contributed by atoms with E-state index in [-0.39, 0.29) is 16.7 Å². The SMILES string of the molecule is N#CC=C1C2CC3(C(N)=O)CC1CC(c1ccccc1)(C2)C3. The van der Waals surface area contributed by atoms with Crippen LogP contribution in [0.3, 0.4) is 0 Å². The summed E-state index contributed by atoms with van der Waals surface area (Å²) >= 11 is 0. The first-order valence-corrected chi connectivity index (χ1v) is 8.04. The number of amides is 1. The summed E-state index contributed by atoms with van der Waals surface area (Å²) < 4.78 is 0. The van der Waals surface area contributed by atoms with E-state index >= 15 is 0 Å². The standard InChI is InChI=1S/C19H20N2O/c20-7-6-16-13-8-18(15-4-2-1-3-5-15)9-14(16)11-19(10-13,12-18)17(21)22/h1-6,13-14H,8-12H2,(H2,21,22). The largest absolute Gasteiger partial charge is 0.369 e. The van der Waals surface area contributed by atoms with E-state index in [1.54, 1.807) is 6.08 Å². The molecule has 4 bridgehead atoms. The van der Waals surface area contributed by atoms with E-state index in [9.17, 15) is 4.79 Å². The van der Waals surface area contributed by atoms with E-state index in [1.807, 2.05) is 6.07 Å². The maximum atomic E-state index is 12.2. The minimum atomic E-state index is -0.367. The van der Waals surface area contributed by atoms with Gasteiger partial charge in [0.2, 0.25) is 5.91 Å². The van der Waals surface area contributed by atoms with Gasteiger partial charge < -0.3 is 5.73 Å². The van der Waals surface area contributed by atoms with E-state index in [1.165, 1.54) is 11.1 Å². The monoisotopic (exact) mass is 292 g/mol. The van der Waals surface area contributed by atoms with Crippen LogP contribution in [0.4, 0.5) is 0 Å². The molecule has 2 unspecified atom stereocenters. The summed E-state index contributed by atoms with van der Waals surface area (Å²) in [5.41, 5.74) is 8.13. The van der Waals surface area contributed by atoms with Crippen LogP contribution in [0.15, 0.2) is 42.0 Å². The van der Waals surface area contributed by atoms with Gasteiger partial charge in [0.05, 0.1) is 11.5 Å². The van der Waals surface area contributed by atoms with Crippen LogP contribution in [0.2, 0.25) is 0 Å². The van der Waals surface area contributed by atoms with Crippen molar-refractivity contribution in [3.63, 3.8) is 0 Å². The van der Waals surface area contributed by atoms with Crippen molar-refractivity contribution in [2.45, 2.75) is 37.5 Å². The molecule has 4 saturated carbocycles. The van der Waals surface area contributed by atoms with Gasteiger partial charge in [0.1, 0.15) is 0 Å². The van der Waals surface area contributed by atoms with Gasteiger partial charge in [-0.05, 0) is 54.9 Å². The third kappa shape index (κ3) is 1.70. The molecule has 2 atom stereocenters. The predicted octanol–water partition coefficient (Wildman–Crippen LogP) is 3.07. The third-order valence-electron chi connectivity index (χ3n) is 6.31. The minimum Gasteiger partial charge on any atom is -0.369 e. The number of hydrogen-bond donors (Lipinski definition) is 1. The smallest absolute Gasteiger partial charge is 0.223 e. The van der Waals surface area contributed by atoms with Crippen molar-refractivity contribution >= 4 is 5.91 Å². The molecule has 0 radical (unpaired) electrons. The highest BCUT2D eigenvalue weighted by molar-refractivity contribution is 5.82. The normalized spacial score (nSPS) is 38.6. The van der Waals surface area contributed by atoms with Gasteiger partial charge in [0.25, 0.3) is 0 Å². The van der Waals surface area contributed by atoms with Crippen LogP contribution in [0.25, 0.3) is 0 Å². The van der Waals surface area contributed by atoms with Crippen molar-refractivity contribution in [3.05, 3.63) is 47.5 Å². The van der Waals surface area contributed by atoms with E-state index in [0.717, 1.165) is 32.1 Å². The summed E-state index contributed by atoms with van der Waals surface area (Å²) in [6, 6.07) is 12.8. The van der Waals surface area contributed by atoms with Crippen LogP contribution in [-0.2, 0) is 10.2 Å². The molecule has 0 aromatic heterocycles. The van der Waals surface area contributed by atoms with Crippen molar-refractivity contribution in [2.75, 3.05) is 0 Å². The topological polar surface area (TPSA) is 66.9 Å². The van der Waals surface area contributed by atoms with Gasteiger partial charge in [-0.2, -0.15) is 5.26 Å². The zero-order valence-electron chi connectivity index (χ0n) is 12.6. The lowest BCUT2D eigenvalue weighted by Gasteiger charge is -2.62. The van der Waals surface area contributed by atoms with Crippen LogP contribution in [0.5, 0.6) is 0 Å². The number of allylic oxidation sites excluding steroid dienone is 2. The van der Waals surface area contributed by atoms with Crippen LogP contribution < -0.4 is 5.73 Å². The quantitative estimate of drug-likeness (QED) is 0.851. The summed E-state index contributed by atoms with van der Waals surface area (Å²) in [6.07, 6.45) is 6.39. The highest BCUT2D eigenvalue weighted by atomic mass is 16.1. The molecule has 4 aliphatic carbocycles. The summed E-state index contributed by atoms with van der Waals surface area (Å²) in [5, 5.41) is 9.09. The van der Waals surface area contributed by atoms with Gasteiger partial charge in [-0.3, -0.25) is 4.79 Å². The molecule has 1 aromatic rings. The lowest BCUT2D eigenvalue weighted by molar-refractivity contribution is -0.140. The number of benzene rings is 1. The number of rotatable bonds is 2. The average molecular weight is 292 g/mol. The van der Waals surface area contributed by atoms with Gasteiger partial charge in [0.15, 0.2) is 0 Å². The number of primary amides is 1. The van der Waals surface area contributed by atoms with E-state index < -0.39 is 0 Å². The Kier molecular flexibility index (Phi) is 2.75. The Balaban J connectivity index is 1.83. The molecule has 1 aromatic carbocycles. The Morgan fingerprint density at radius 3 is 2.36 bits per heavy atom. The van der Waals surface area contributed by atoms with Gasteiger partial charge in [-0.15, -0.1) is 0 Å². The van der Waals surface area contributed by atoms with Gasteiger partial charge >= 0.3 is 0 Å². The molecular weight excluding hydrogens is 272 g/mol. The molecule has 0 spiro atoms. The molecule has 0 heterocycles. The highest BCUT2D eigenvalue weighted by Crippen LogP contribution is 2.67. The Hall–Kier alpha value is -2.08. The fraction of sp³-hybridized carbons (Fsp3) is 0.474. The molecule has 1 amide bonds. The second-order valence-corrected chi connectivity index (χ2v) is 7.45. The molecule has 22 heavy (non-hydrogen) atoms. The Morgan fingerprint density at radius 1 is 1.18 bits per heavy atom. The van der Waals surface area contributed by atoms with Crippen LogP contribution in [0.1, 0.15) is 37.7 Å². The fourth-order valence-electron chi connectivity index (χ4n) is 5.67. The Labute approximate surface area is 130 Å². The van der Waals surface area contributed by atoms with E-state index in [0.29, 0.717) is 11.8 Å². The molecular formula is C19H20N2O. The lowest BCUT2D eigenvalue weighted by atomic mass is 9.41. The van der Waals surface area contributed by atoms with Crippen molar-refractivity contribution in [1.29, 1.82) is 5.26 Å². The Bertz CT molecular complexity index is 680. The first kappa shape index (κ1) is 13.6. The third-order valence-corrected chi connectivity index (χ3v) is 6.31. The lowest BCUT2D eigenvalue weighted by Crippen LogP contribution is -2.59. The maximum absolute atomic E-state index is 12.2. The molecule has 0 aliphatic heterocycles. The van der Waals surface area contributed by atoms with Crippen molar-refractivity contribution in [2.24, 2.45) is 23.0 Å². The molecule has 3 nitrogen and oxygen atoms in total. The van der Waals surface area contributed by atoms with Gasteiger partial charge in [-0.25, -0.2) is 0 Å². The van der Waals surface area contributed by atoms with Crippen molar-refractivity contribution < 1.29 is 4.79 Å². The second kappa shape index (κ2) is 4.46. The molecule has 3 heteroatoms. The van der Waals surface area contributed by atoms with Crippen LogP contribution in [-0.4, -0.2) is 5.91 Å². The summed E-state index contributed by atoms with van der Waals surface area (Å²) in [4.78, 5) is 12.2. The fourth-order valence-corrected chi connectivity index (χ4v) is 5.67. The van der Waals surface area contributed by atoms with Gasteiger partial charge in [0, 0.05) is 6.08 Å². The molecule has 4 fully saturated rings. The number of nitriles is 1. The number of nitrogens with zero attached hydrogens (tertiary/aromatic N) is 1. The van der Waals surface area contributed by atoms with Crippen molar-refractivity contribution in [1.82, 2.24) is 0 Å². The molecule has 2 N–H and O–H groups in total. The van der Waals surface area contributed by atoms with Crippen molar-refractivity contribution in [3.8, 4) is 6.07 Å². The average Bonchev–Trinajstić information content (AvgIpc) is 2.51. The number of hydrogen-bond acceptors (Lipinski definition) is 2. The first-order chi connectivity index (χ1) is 10.6. The predicted molar refractivity (Wildman–Crippen MR) is 83.5 cm³/mol. The zero-order valence-corrected chi connectivity index (χ0v) is 12.6. The zero-order chi connectivity index (χ0) is 15.4. The molecule has 112 valence electrons. The number of carbonyl (C=O) groups excluding carboxylic acids is 1. The summed E-state index contributed by atoms with van der Waals surface area (Å²) in [7, 11) is 0. The maximum Gasteiger partial charge on any atom is 0.223 e. The highest BCUT2D eigenvalue weighted by Gasteiger charge is 2.61. The van der Waals surface area contributed by atoms with Gasteiger partial charge in [-0.1, -0.05) is 35.9 Å². The first-order valence-electron chi connectivity index (χ1n) is 8.04. The molecule has 4 aliphatic rings. The Morgan fingerprint density at radius 2 is 1.82 bits per heavy atom. The van der Waals surface area contributed by atoms with Crippen LogP contribution in [0, 0.1) is 28.6 Å². The molecule has 0 saturated heterocycles. The van der Waals surface area contributed by atoms with Crippen LogP contribution >= 0.6 is 0 Å². The summed E-state index contributed by atoms with van der Waals surface area (Å²) in [6.45, 7) is 0.